The number of nitrogens with one attached hydrogen (secondary N) is 1. The van der Waals surface area contributed by atoms with Crippen molar-refractivity contribution in [3.8, 4) is 0 Å². The van der Waals surface area contributed by atoms with Gasteiger partial charge < -0.3 is 9.88 Å². The maximum atomic E-state index is 12.8. The molecule has 140 valence electrons. The number of aryl methyl sites for hydroxylation is 2. The van der Waals surface area contributed by atoms with Gasteiger partial charge in [0.1, 0.15) is 0 Å². The summed E-state index contributed by atoms with van der Waals surface area (Å²) in [6.45, 7) is 6.52. The number of aromatic amines is 1. The molecule has 1 aliphatic heterocycles. The lowest BCUT2D eigenvalue weighted by Crippen LogP contribution is -2.50. The summed E-state index contributed by atoms with van der Waals surface area (Å²) in [7, 11) is -3.72. The molecule has 3 rings (SSSR count). The summed E-state index contributed by atoms with van der Waals surface area (Å²) < 4.78 is 26.9. The molecule has 1 saturated heterocycles. The van der Waals surface area contributed by atoms with Crippen molar-refractivity contribution < 1.29 is 13.2 Å². The average Bonchev–Trinajstić information content (AvgIpc) is 2.96. The smallest absolute Gasteiger partial charge is 0.305 e. The fourth-order valence-electron chi connectivity index (χ4n) is 3.04. The Labute approximate surface area is 156 Å². The fourth-order valence-corrected chi connectivity index (χ4v) is 5.90. The summed E-state index contributed by atoms with van der Waals surface area (Å²) in [5, 5.41) is 0. The van der Waals surface area contributed by atoms with E-state index in [1.54, 1.807) is 17.9 Å². The molecule has 7 nitrogen and oxygen atoms in total. The van der Waals surface area contributed by atoms with E-state index in [1.807, 2.05) is 26.0 Å². The first kappa shape index (κ1) is 18.8. The minimum atomic E-state index is -3.72. The van der Waals surface area contributed by atoms with Crippen LogP contribution in [0.25, 0.3) is 0 Å². The second-order valence-corrected chi connectivity index (χ2v) is 9.49. The van der Waals surface area contributed by atoms with Crippen LogP contribution in [0.3, 0.4) is 0 Å². The van der Waals surface area contributed by atoms with Crippen molar-refractivity contribution in [3.63, 3.8) is 0 Å². The highest BCUT2D eigenvalue weighted by atomic mass is 32.2. The highest BCUT2D eigenvalue weighted by molar-refractivity contribution is 7.91. The van der Waals surface area contributed by atoms with Gasteiger partial charge in [0.05, 0.1) is 0 Å². The van der Waals surface area contributed by atoms with Crippen molar-refractivity contribution >= 4 is 27.3 Å². The number of carbonyl (C=O) groups is 1. The molecular formula is C17H21N3O4S2. The highest BCUT2D eigenvalue weighted by Crippen LogP contribution is 2.23. The van der Waals surface area contributed by atoms with E-state index in [-0.39, 0.29) is 28.1 Å². The second-order valence-electron chi connectivity index (χ2n) is 6.37. The van der Waals surface area contributed by atoms with Crippen molar-refractivity contribution in [2.75, 3.05) is 26.2 Å². The molecule has 1 fully saturated rings. The van der Waals surface area contributed by atoms with Crippen molar-refractivity contribution in [2.24, 2.45) is 0 Å². The number of carbonyl (C=O) groups excluding carboxylic acids is 1. The van der Waals surface area contributed by atoms with Crippen LogP contribution in [0.1, 0.15) is 27.2 Å². The van der Waals surface area contributed by atoms with Crippen molar-refractivity contribution in [3.05, 3.63) is 50.3 Å². The third-order valence-corrected chi connectivity index (χ3v) is 8.20. The number of H-pyrrole nitrogens is 1. The van der Waals surface area contributed by atoms with Gasteiger partial charge in [0.15, 0.2) is 4.21 Å². The average molecular weight is 396 g/mol. The van der Waals surface area contributed by atoms with Crippen LogP contribution in [0.15, 0.2) is 27.2 Å². The maximum Gasteiger partial charge on any atom is 0.305 e. The van der Waals surface area contributed by atoms with Crippen LogP contribution in [-0.2, 0) is 10.0 Å². The molecule has 9 heteroatoms. The number of amides is 1. The van der Waals surface area contributed by atoms with Crippen LogP contribution in [0.2, 0.25) is 0 Å². The predicted molar refractivity (Wildman–Crippen MR) is 100 cm³/mol. The summed E-state index contributed by atoms with van der Waals surface area (Å²) in [5.74, 6) is -0.0780. The Bertz CT molecular complexity index is 999. The van der Waals surface area contributed by atoms with Gasteiger partial charge in [0, 0.05) is 37.4 Å². The predicted octanol–water partition coefficient (Wildman–Crippen LogP) is 1.51. The molecule has 1 N–H and O–H groups in total. The molecule has 0 aliphatic carbocycles. The van der Waals surface area contributed by atoms with Gasteiger partial charge in [0.2, 0.25) is 0 Å². The molecule has 2 aromatic rings. The summed E-state index contributed by atoms with van der Waals surface area (Å²) in [5.41, 5.74) is 3.00. The zero-order valence-electron chi connectivity index (χ0n) is 14.9. The molecule has 2 heterocycles. The molecular weight excluding hydrogens is 374 g/mol. The van der Waals surface area contributed by atoms with Crippen molar-refractivity contribution in [1.29, 1.82) is 0 Å². The lowest BCUT2D eigenvalue weighted by Gasteiger charge is -2.34. The Balaban J connectivity index is 1.75. The van der Waals surface area contributed by atoms with Crippen molar-refractivity contribution in [2.45, 2.75) is 25.0 Å². The first-order valence-electron chi connectivity index (χ1n) is 8.27. The number of hydrogen-bond donors (Lipinski definition) is 1. The Morgan fingerprint density at radius 1 is 1.12 bits per heavy atom. The molecule has 26 heavy (non-hydrogen) atoms. The number of hydrogen-bond acceptors (Lipinski definition) is 5. The van der Waals surface area contributed by atoms with Gasteiger partial charge in [-0.2, -0.15) is 4.31 Å². The number of nitrogens with zero attached hydrogens (tertiary/aromatic N) is 2. The van der Waals surface area contributed by atoms with Gasteiger partial charge in [-0.15, -0.1) is 0 Å². The molecule has 0 saturated carbocycles. The molecule has 1 aliphatic rings. The van der Waals surface area contributed by atoms with Crippen LogP contribution in [0, 0.1) is 20.8 Å². The lowest BCUT2D eigenvalue weighted by atomic mass is 10.0. The normalized spacial score (nSPS) is 16.0. The molecule has 0 radical (unpaired) electrons. The summed E-state index contributed by atoms with van der Waals surface area (Å²) in [6.07, 6.45) is 0. The van der Waals surface area contributed by atoms with Crippen LogP contribution in [0.5, 0.6) is 0 Å². The van der Waals surface area contributed by atoms with Gasteiger partial charge in [-0.25, -0.2) is 8.42 Å². The summed E-state index contributed by atoms with van der Waals surface area (Å²) in [4.78, 5) is 28.0. The number of piperazine rings is 1. The molecule has 0 spiro atoms. The first-order chi connectivity index (χ1) is 12.2. The molecule has 1 aromatic heterocycles. The number of sulfonamides is 1. The Morgan fingerprint density at radius 3 is 2.35 bits per heavy atom. The molecule has 0 atom stereocenters. The quantitative estimate of drug-likeness (QED) is 0.853. The van der Waals surface area contributed by atoms with Crippen molar-refractivity contribution in [1.82, 2.24) is 14.2 Å². The monoisotopic (exact) mass is 395 g/mol. The van der Waals surface area contributed by atoms with E-state index < -0.39 is 10.0 Å². The maximum absolute atomic E-state index is 12.8. The van der Waals surface area contributed by atoms with Gasteiger partial charge in [0.25, 0.3) is 15.9 Å². The standard InChI is InChI=1S/C17H21N3O4S2/c1-11-5-4-6-14(12(11)2)15(21)19-7-9-20(10-8-19)26(23,24)16-13(3)18-17(22)25-16/h4-6H,7-10H2,1-3H3,(H,18,22). The Kier molecular flexibility index (Phi) is 5.05. The first-order valence-corrected chi connectivity index (χ1v) is 10.5. The highest BCUT2D eigenvalue weighted by Gasteiger charge is 2.33. The Hall–Kier alpha value is -1.97. The fraction of sp³-hybridized carbons (Fsp3) is 0.412. The minimum absolute atomic E-state index is 0.0526. The molecule has 1 amide bonds. The van der Waals surface area contributed by atoms with Gasteiger partial charge in [-0.05, 0) is 38.0 Å². The number of aromatic nitrogens is 1. The van der Waals surface area contributed by atoms with E-state index in [9.17, 15) is 18.0 Å². The van der Waals surface area contributed by atoms with E-state index >= 15 is 0 Å². The number of thiazole rings is 1. The van der Waals surface area contributed by atoms with Crippen LogP contribution < -0.4 is 4.87 Å². The molecule has 0 bridgehead atoms. The van der Waals surface area contributed by atoms with E-state index in [1.165, 1.54) is 4.31 Å². The van der Waals surface area contributed by atoms with Crippen LogP contribution in [-0.4, -0.2) is 54.7 Å². The topological polar surface area (TPSA) is 90.6 Å². The van der Waals surface area contributed by atoms with Gasteiger partial charge in [-0.3, -0.25) is 9.59 Å². The second kappa shape index (κ2) is 6.98. The molecule has 1 aromatic carbocycles. The van der Waals surface area contributed by atoms with E-state index in [0.29, 0.717) is 35.7 Å². The third-order valence-electron chi connectivity index (χ3n) is 4.72. The third kappa shape index (κ3) is 3.34. The van der Waals surface area contributed by atoms with E-state index in [4.69, 9.17) is 0 Å². The van der Waals surface area contributed by atoms with Gasteiger partial charge in [-0.1, -0.05) is 23.5 Å². The summed E-state index contributed by atoms with van der Waals surface area (Å²) >= 11 is 0.701. The van der Waals surface area contributed by atoms with Gasteiger partial charge >= 0.3 is 4.87 Å². The Morgan fingerprint density at radius 2 is 1.77 bits per heavy atom. The lowest BCUT2D eigenvalue weighted by molar-refractivity contribution is 0.0697. The zero-order valence-corrected chi connectivity index (χ0v) is 16.5. The minimum Gasteiger partial charge on any atom is -0.336 e. The largest absolute Gasteiger partial charge is 0.336 e. The van der Waals surface area contributed by atoms with Crippen LogP contribution >= 0.6 is 11.3 Å². The van der Waals surface area contributed by atoms with Crippen LogP contribution in [0.4, 0.5) is 0 Å². The number of rotatable bonds is 3. The number of benzene rings is 1. The van der Waals surface area contributed by atoms with E-state index in [0.717, 1.165) is 11.1 Å². The summed E-state index contributed by atoms with van der Waals surface area (Å²) in [6, 6.07) is 5.61. The van der Waals surface area contributed by atoms with E-state index in [2.05, 4.69) is 4.98 Å². The zero-order chi connectivity index (χ0) is 19.1. The SMILES string of the molecule is Cc1cccc(C(=O)N2CCN(S(=O)(=O)c3sc(=O)[nH]c3C)CC2)c1C. The molecule has 0 unspecified atom stereocenters.